The minimum absolute atomic E-state index is 0.517. The zero-order valence-electron chi connectivity index (χ0n) is 9.70. The molecule has 16 heavy (non-hydrogen) atoms. The molecule has 0 saturated heterocycles. The molecule has 0 aromatic heterocycles. The van der Waals surface area contributed by atoms with Gasteiger partial charge in [0.2, 0.25) is 0 Å². The topological polar surface area (TPSA) is 40.5 Å². The van der Waals surface area contributed by atoms with Crippen molar-refractivity contribution in [3.05, 3.63) is 28.8 Å². The van der Waals surface area contributed by atoms with E-state index in [-0.39, 0.29) is 0 Å². The molecule has 0 spiro atoms. The number of carboxylic acid groups (broad SMARTS) is 1. The van der Waals surface area contributed by atoms with Crippen LogP contribution >= 0.6 is 11.6 Å². The smallest absolute Gasteiger partial charge is 0.326 e. The van der Waals surface area contributed by atoms with E-state index in [2.05, 4.69) is 0 Å². The van der Waals surface area contributed by atoms with E-state index in [1.165, 1.54) is 0 Å². The van der Waals surface area contributed by atoms with Gasteiger partial charge >= 0.3 is 5.97 Å². The van der Waals surface area contributed by atoms with Crippen LogP contribution in [0.4, 0.5) is 5.69 Å². The standard InChI is InChI=1S/C12H16ClNO2/c1-4-10(12(15)16)14(3)11-7-5-6-9(13)8(11)2/h5-7,10H,4H2,1-3H3,(H,15,16). The number of nitrogens with zero attached hydrogens (tertiary/aromatic N) is 1. The fraction of sp³-hybridized carbons (Fsp3) is 0.417. The molecule has 1 rings (SSSR count). The fourth-order valence-corrected chi connectivity index (χ4v) is 1.93. The summed E-state index contributed by atoms with van der Waals surface area (Å²) >= 11 is 6.01. The molecule has 0 aliphatic heterocycles. The van der Waals surface area contributed by atoms with Crippen molar-refractivity contribution < 1.29 is 9.90 Å². The van der Waals surface area contributed by atoms with Crippen molar-refractivity contribution in [2.24, 2.45) is 0 Å². The van der Waals surface area contributed by atoms with E-state index in [0.29, 0.717) is 11.4 Å². The molecule has 1 aromatic rings. The van der Waals surface area contributed by atoms with Gasteiger partial charge in [-0.2, -0.15) is 0 Å². The second-order valence-corrected chi connectivity index (χ2v) is 4.16. The first-order valence-electron chi connectivity index (χ1n) is 5.19. The Balaban J connectivity index is 3.08. The Labute approximate surface area is 101 Å². The van der Waals surface area contributed by atoms with Crippen molar-refractivity contribution in [2.75, 3.05) is 11.9 Å². The van der Waals surface area contributed by atoms with E-state index in [1.54, 1.807) is 18.0 Å². The van der Waals surface area contributed by atoms with Crippen LogP contribution in [0.15, 0.2) is 18.2 Å². The van der Waals surface area contributed by atoms with Crippen LogP contribution in [-0.2, 0) is 4.79 Å². The maximum Gasteiger partial charge on any atom is 0.326 e. The first kappa shape index (κ1) is 12.8. The molecule has 4 heteroatoms. The quantitative estimate of drug-likeness (QED) is 0.881. The Morgan fingerprint density at radius 2 is 2.19 bits per heavy atom. The molecule has 3 nitrogen and oxygen atoms in total. The summed E-state index contributed by atoms with van der Waals surface area (Å²) in [6.07, 6.45) is 0.553. The largest absolute Gasteiger partial charge is 0.480 e. The van der Waals surface area contributed by atoms with Crippen LogP contribution in [-0.4, -0.2) is 24.2 Å². The Kier molecular flexibility index (Phi) is 4.19. The number of hydrogen-bond donors (Lipinski definition) is 1. The van der Waals surface area contributed by atoms with E-state index >= 15 is 0 Å². The van der Waals surface area contributed by atoms with Gasteiger partial charge in [-0.25, -0.2) is 4.79 Å². The second kappa shape index (κ2) is 5.21. The van der Waals surface area contributed by atoms with E-state index in [0.717, 1.165) is 11.3 Å². The van der Waals surface area contributed by atoms with Gasteiger partial charge in [0.1, 0.15) is 6.04 Å². The van der Waals surface area contributed by atoms with Gasteiger partial charge < -0.3 is 10.0 Å². The predicted molar refractivity (Wildman–Crippen MR) is 66.3 cm³/mol. The Bertz CT molecular complexity index is 393. The maximum atomic E-state index is 11.1. The Morgan fingerprint density at radius 3 is 2.69 bits per heavy atom. The summed E-state index contributed by atoms with van der Waals surface area (Å²) in [5.41, 5.74) is 1.77. The van der Waals surface area contributed by atoms with Gasteiger partial charge in [0.15, 0.2) is 0 Å². The Hall–Kier alpha value is -1.22. The van der Waals surface area contributed by atoms with Crippen LogP contribution < -0.4 is 4.90 Å². The van der Waals surface area contributed by atoms with Crippen LogP contribution in [0, 0.1) is 6.92 Å². The fourth-order valence-electron chi connectivity index (χ4n) is 1.76. The minimum atomic E-state index is -0.815. The molecule has 0 aliphatic carbocycles. The van der Waals surface area contributed by atoms with Gasteiger partial charge in [0.25, 0.3) is 0 Å². The monoisotopic (exact) mass is 241 g/mol. The van der Waals surface area contributed by atoms with Gasteiger partial charge in [0.05, 0.1) is 0 Å². The number of anilines is 1. The summed E-state index contributed by atoms with van der Waals surface area (Å²) < 4.78 is 0. The molecule has 0 aliphatic rings. The lowest BCUT2D eigenvalue weighted by atomic mass is 10.1. The van der Waals surface area contributed by atoms with Crippen molar-refractivity contribution in [1.29, 1.82) is 0 Å². The lowest BCUT2D eigenvalue weighted by molar-refractivity contribution is -0.138. The molecule has 88 valence electrons. The van der Waals surface area contributed by atoms with Gasteiger partial charge in [0, 0.05) is 17.8 Å². The summed E-state index contributed by atoms with van der Waals surface area (Å²) in [6, 6.07) is 5.00. The highest BCUT2D eigenvalue weighted by molar-refractivity contribution is 6.31. The summed E-state index contributed by atoms with van der Waals surface area (Å²) in [5, 5.41) is 9.75. The summed E-state index contributed by atoms with van der Waals surface area (Å²) in [4.78, 5) is 12.8. The number of carboxylic acids is 1. The molecule has 0 heterocycles. The molecule has 0 radical (unpaired) electrons. The Morgan fingerprint density at radius 1 is 1.56 bits per heavy atom. The molecule has 1 atom stereocenters. The van der Waals surface area contributed by atoms with E-state index in [1.807, 2.05) is 26.0 Å². The molecule has 0 saturated carbocycles. The van der Waals surface area contributed by atoms with Crippen LogP contribution in [0.25, 0.3) is 0 Å². The van der Waals surface area contributed by atoms with Crippen molar-refractivity contribution in [1.82, 2.24) is 0 Å². The average molecular weight is 242 g/mol. The van der Waals surface area contributed by atoms with Crippen LogP contribution in [0.1, 0.15) is 18.9 Å². The highest BCUT2D eigenvalue weighted by Gasteiger charge is 2.22. The predicted octanol–water partition coefficient (Wildman–Crippen LogP) is 2.95. The lowest BCUT2D eigenvalue weighted by Crippen LogP contribution is -2.38. The van der Waals surface area contributed by atoms with Crippen LogP contribution in [0.5, 0.6) is 0 Å². The van der Waals surface area contributed by atoms with E-state index < -0.39 is 12.0 Å². The number of carbonyl (C=O) groups is 1. The van der Waals surface area contributed by atoms with Crippen molar-refractivity contribution >= 4 is 23.3 Å². The van der Waals surface area contributed by atoms with Gasteiger partial charge in [-0.1, -0.05) is 24.6 Å². The number of halogens is 1. The van der Waals surface area contributed by atoms with E-state index in [4.69, 9.17) is 16.7 Å². The van der Waals surface area contributed by atoms with E-state index in [9.17, 15) is 4.79 Å². The molecular formula is C12H16ClNO2. The molecule has 1 aromatic carbocycles. The van der Waals surface area contributed by atoms with Gasteiger partial charge in [-0.15, -0.1) is 0 Å². The highest BCUT2D eigenvalue weighted by Crippen LogP contribution is 2.27. The van der Waals surface area contributed by atoms with Crippen LogP contribution in [0.3, 0.4) is 0 Å². The zero-order valence-corrected chi connectivity index (χ0v) is 10.5. The molecule has 0 fully saturated rings. The number of aliphatic carboxylic acids is 1. The summed E-state index contributed by atoms with van der Waals surface area (Å²) in [5.74, 6) is -0.815. The number of rotatable bonds is 4. The number of likely N-dealkylation sites (N-methyl/N-ethyl adjacent to an activating group) is 1. The SMILES string of the molecule is CCC(C(=O)O)N(C)c1cccc(Cl)c1C. The van der Waals surface area contributed by atoms with Crippen LogP contribution in [0.2, 0.25) is 5.02 Å². The molecule has 1 N–H and O–H groups in total. The molecule has 0 amide bonds. The first-order valence-corrected chi connectivity index (χ1v) is 5.57. The average Bonchev–Trinajstić information content (AvgIpc) is 2.22. The molecule has 1 unspecified atom stereocenters. The van der Waals surface area contributed by atoms with Crippen molar-refractivity contribution in [3.8, 4) is 0 Å². The molecule has 0 bridgehead atoms. The van der Waals surface area contributed by atoms with Crippen molar-refractivity contribution in [3.63, 3.8) is 0 Å². The third-order valence-electron chi connectivity index (χ3n) is 2.76. The third kappa shape index (κ3) is 2.47. The normalized spacial score (nSPS) is 12.2. The first-order chi connectivity index (χ1) is 7.49. The maximum absolute atomic E-state index is 11.1. The van der Waals surface area contributed by atoms with Crippen molar-refractivity contribution in [2.45, 2.75) is 26.3 Å². The molecular weight excluding hydrogens is 226 g/mol. The number of benzene rings is 1. The van der Waals surface area contributed by atoms with Gasteiger partial charge in [-0.05, 0) is 31.0 Å². The number of hydrogen-bond acceptors (Lipinski definition) is 2. The summed E-state index contributed by atoms with van der Waals surface area (Å²) in [6.45, 7) is 3.75. The highest BCUT2D eigenvalue weighted by atomic mass is 35.5. The zero-order chi connectivity index (χ0) is 12.3. The lowest BCUT2D eigenvalue weighted by Gasteiger charge is -2.27. The third-order valence-corrected chi connectivity index (χ3v) is 3.17. The second-order valence-electron chi connectivity index (χ2n) is 3.76. The van der Waals surface area contributed by atoms with Gasteiger partial charge in [-0.3, -0.25) is 0 Å². The minimum Gasteiger partial charge on any atom is -0.480 e. The summed E-state index contributed by atoms with van der Waals surface area (Å²) in [7, 11) is 1.78.